The van der Waals surface area contributed by atoms with Crippen molar-refractivity contribution in [3.8, 4) is 73.2 Å². The molecule has 0 spiro atoms. The summed E-state index contributed by atoms with van der Waals surface area (Å²) in [6.45, 7) is 6.37. The average Bonchev–Trinajstić information content (AvgIpc) is 0.772. The summed E-state index contributed by atoms with van der Waals surface area (Å²) in [5.74, 6) is 1.41. The van der Waals surface area contributed by atoms with E-state index < -0.39 is 208 Å². The highest BCUT2D eigenvalue weighted by molar-refractivity contribution is 7.20. The molecule has 4 heterocycles. The van der Waals surface area contributed by atoms with Crippen molar-refractivity contribution in [1.29, 1.82) is 0 Å². The highest BCUT2D eigenvalue weighted by atomic mass is 28.3. The van der Waals surface area contributed by atoms with Gasteiger partial charge in [-0.1, -0.05) is 232 Å². The third-order valence-corrected chi connectivity index (χ3v) is 19.1. The summed E-state index contributed by atoms with van der Waals surface area (Å²) in [5.41, 5.74) is 0.389. The van der Waals surface area contributed by atoms with E-state index in [2.05, 4.69) is 31.4 Å². The number of hydrogen-bond donors (Lipinski definition) is 0. The van der Waals surface area contributed by atoms with E-state index >= 15 is 0 Å². The van der Waals surface area contributed by atoms with Crippen molar-refractivity contribution in [2.45, 2.75) is 26.2 Å². The van der Waals surface area contributed by atoms with Crippen LogP contribution in [0.3, 0.4) is 0 Å². The Bertz CT molecular complexity index is 6100. The SMILES string of the molecule is [2H]c1cc([Si](c2c([2H])c([2H])c([2H])c([2H])c2[2H])(c2c([2H])c([2H])c([2H])c([2H])c2[2H])c2c([2H])c([2H])c([2H])c([2H])c2[2H])c([2H])c2c1-c1c([2H])c([2H])c([2H])c([2H])c1-c1cccc3c1[n+](cn3-c1cccc(Oc3ccc4c5ccccc5n(-c5cc(C(C)(C)C)ccn5)c4c3)c1)-c1c(-c3c([2H])c([2H])c([2H])c([2H])c3[2H])cccc1-2. The standard InChI is InChI=1S/C76H57N4OSi/c1-76(2,3)53-45-46-77-73(47-53)80-70-39-19-18-35-65(70)66-43-41-56(49-72(66)80)81-55-26-20-25-54(48-55)78-51-79-74-61(52-23-8-4-9-24-52)36-21-37-68(74)69-50-60(42-44-64(69)62-33-16-17-34-63(62)67-38-22-40-71(78)75(67)79)82(57-27-10-5-11-28-57,58-29-12-6-13-30-58)59-31-14-7-15-32-59/h4-51H,1-3H3/q+1/i4D,5D,6D,7D,8D,9D,10D,11D,12D,13D,14D,15D,16D,17D,23D,24D,27D,28D,29D,30D,31D,32D,33D,34D,44D,50D. The van der Waals surface area contributed by atoms with Crippen LogP contribution in [0.2, 0.25) is 0 Å². The van der Waals surface area contributed by atoms with Gasteiger partial charge in [-0.15, -0.1) is 0 Å². The molecule has 1 aliphatic rings. The van der Waals surface area contributed by atoms with Crippen LogP contribution in [0, 0.1) is 0 Å². The van der Waals surface area contributed by atoms with Gasteiger partial charge in [0.25, 0.3) is 6.33 Å². The van der Waals surface area contributed by atoms with E-state index in [1.165, 1.54) is 28.8 Å². The fourth-order valence-electron chi connectivity index (χ4n) is 11.3. The van der Waals surface area contributed by atoms with Crippen LogP contribution in [-0.2, 0) is 5.41 Å². The fourth-order valence-corrected chi connectivity index (χ4v) is 15.0. The van der Waals surface area contributed by atoms with Crippen LogP contribution in [-0.4, -0.2) is 22.2 Å². The van der Waals surface area contributed by atoms with Gasteiger partial charge in [0, 0.05) is 45.8 Å². The molecule has 0 bridgehead atoms. The zero-order valence-corrected chi connectivity index (χ0v) is 44.9. The first-order chi connectivity index (χ1) is 51.1. The summed E-state index contributed by atoms with van der Waals surface area (Å²) >= 11 is 0. The number of fused-ring (bicyclic) bond motifs is 10. The molecule has 14 aromatic rings. The molecule has 82 heavy (non-hydrogen) atoms. The Hall–Kier alpha value is -10.1. The Balaban J connectivity index is 1.10. The molecule has 0 atom stereocenters. The number of imidazole rings is 1. The third-order valence-electron chi connectivity index (χ3n) is 15.0. The van der Waals surface area contributed by atoms with E-state index in [1.54, 1.807) is 53.5 Å². The first kappa shape index (κ1) is 28.8. The molecule has 6 heteroatoms. The maximum atomic E-state index is 11.3. The molecule has 1 aliphatic heterocycles. The van der Waals surface area contributed by atoms with Crippen LogP contribution < -0.4 is 30.1 Å². The van der Waals surface area contributed by atoms with E-state index in [4.69, 9.17) is 17.9 Å². The van der Waals surface area contributed by atoms with Crippen molar-refractivity contribution in [1.82, 2.24) is 14.1 Å². The molecule has 3 aromatic heterocycles. The largest absolute Gasteiger partial charge is 0.457 e. The molecule has 15 rings (SSSR count). The van der Waals surface area contributed by atoms with Crippen molar-refractivity contribution in [2.75, 3.05) is 0 Å². The molecule has 5 nitrogen and oxygen atoms in total. The minimum absolute atomic E-state index is 0.0256. The number of nitrogens with zero attached hydrogens (tertiary/aromatic N) is 4. The predicted octanol–water partition coefficient (Wildman–Crippen LogP) is 15.8. The zero-order chi connectivity index (χ0) is 77.6. The molecule has 0 fully saturated rings. The Morgan fingerprint density at radius 1 is 0.463 bits per heavy atom. The number of pyridine rings is 1. The molecule has 11 aromatic carbocycles. The lowest BCUT2D eigenvalue weighted by Crippen LogP contribution is -2.74. The molecule has 0 saturated heterocycles. The van der Waals surface area contributed by atoms with Gasteiger partial charge in [-0.2, -0.15) is 9.13 Å². The van der Waals surface area contributed by atoms with Crippen LogP contribution in [0.5, 0.6) is 11.5 Å². The lowest BCUT2D eigenvalue weighted by atomic mass is 9.88. The van der Waals surface area contributed by atoms with Crippen LogP contribution in [0.25, 0.3) is 94.5 Å². The second-order valence-corrected chi connectivity index (χ2v) is 24.1. The van der Waals surface area contributed by atoms with Gasteiger partial charge in [-0.25, -0.2) is 4.98 Å². The monoisotopic (exact) mass is 1100 g/mol. The number of aromatic nitrogens is 4. The Morgan fingerprint density at radius 3 is 1.77 bits per heavy atom. The molecule has 0 unspecified atom stereocenters. The maximum absolute atomic E-state index is 11.3. The molecule has 0 N–H and O–H groups in total. The van der Waals surface area contributed by atoms with Crippen LogP contribution in [0.4, 0.5) is 0 Å². The maximum Gasteiger partial charge on any atom is 0.255 e. The second-order valence-electron chi connectivity index (χ2n) is 20.6. The fraction of sp³-hybridized carbons (Fsp3) is 0.0526. The Labute approximate surface area is 515 Å². The average molecular weight is 1100 g/mol. The lowest BCUT2D eigenvalue weighted by Gasteiger charge is -2.35. The van der Waals surface area contributed by atoms with Crippen LogP contribution in [0.15, 0.2) is 291 Å². The van der Waals surface area contributed by atoms with Gasteiger partial charge in [0.05, 0.1) is 46.7 Å². The highest BCUT2D eigenvalue weighted by Gasteiger charge is 2.42. The van der Waals surface area contributed by atoms with Crippen molar-refractivity contribution in [3.05, 3.63) is 297 Å². The van der Waals surface area contributed by atoms with Crippen LogP contribution >= 0.6 is 0 Å². The quantitative estimate of drug-likeness (QED) is 0.0820. The molecular weight excluding hydrogens is 1010 g/mol. The van der Waals surface area contributed by atoms with E-state index in [9.17, 15) is 27.4 Å². The molecule has 390 valence electrons. The number of para-hydroxylation sites is 3. The minimum Gasteiger partial charge on any atom is -0.457 e. The van der Waals surface area contributed by atoms with Crippen molar-refractivity contribution in [2.24, 2.45) is 0 Å². The van der Waals surface area contributed by atoms with Crippen LogP contribution in [0.1, 0.15) is 62.0 Å². The second kappa shape index (κ2) is 19.6. The zero-order valence-electron chi connectivity index (χ0n) is 69.9. The summed E-state index contributed by atoms with van der Waals surface area (Å²) in [6.07, 6.45) is 3.33. The summed E-state index contributed by atoms with van der Waals surface area (Å²) in [5, 5.41) is -1.90. The molecule has 0 radical (unpaired) electrons. The summed E-state index contributed by atoms with van der Waals surface area (Å²) in [4.78, 5) is 4.84. The smallest absolute Gasteiger partial charge is 0.255 e. The van der Waals surface area contributed by atoms with E-state index in [0.29, 0.717) is 23.0 Å². The van der Waals surface area contributed by atoms with E-state index in [-0.39, 0.29) is 44.4 Å². The molecule has 0 amide bonds. The normalized spacial score (nSPS) is 16.5. The summed E-state index contributed by atoms with van der Waals surface area (Å²) < 4.78 is 261. The highest BCUT2D eigenvalue weighted by Crippen LogP contribution is 2.45. The Kier molecular flexibility index (Phi) is 6.89. The third kappa shape index (κ3) is 7.97. The van der Waals surface area contributed by atoms with E-state index in [0.717, 1.165) is 33.4 Å². The summed E-state index contributed by atoms with van der Waals surface area (Å²) in [6, 6.07) is 8.90. The Morgan fingerprint density at radius 2 is 1.05 bits per heavy atom. The first-order valence-electron chi connectivity index (χ1n) is 39.1. The topological polar surface area (TPSA) is 35.9 Å². The predicted molar refractivity (Wildman–Crippen MR) is 341 cm³/mol. The number of ether oxygens (including phenoxy) is 1. The molecular formula is C76H57N4OSi+. The number of rotatable bonds is 9. The van der Waals surface area contributed by atoms with Gasteiger partial charge < -0.3 is 4.74 Å². The van der Waals surface area contributed by atoms with E-state index in [1.807, 2.05) is 48.5 Å². The van der Waals surface area contributed by atoms with Gasteiger partial charge in [-0.3, -0.25) is 4.57 Å². The van der Waals surface area contributed by atoms with Gasteiger partial charge >= 0.3 is 0 Å². The lowest BCUT2D eigenvalue weighted by molar-refractivity contribution is -0.566. The van der Waals surface area contributed by atoms with Gasteiger partial charge in [0.15, 0.2) is 19.1 Å². The van der Waals surface area contributed by atoms with Gasteiger partial charge in [0.2, 0.25) is 0 Å². The van der Waals surface area contributed by atoms with Crippen molar-refractivity contribution < 1.29 is 44.9 Å². The van der Waals surface area contributed by atoms with Gasteiger partial charge in [0.1, 0.15) is 28.7 Å². The number of benzene rings is 11. The first-order valence-corrected chi connectivity index (χ1v) is 28.1. The molecule has 0 aliphatic carbocycles. The minimum atomic E-state index is -6.32. The van der Waals surface area contributed by atoms with Crippen molar-refractivity contribution in [3.63, 3.8) is 0 Å². The molecule has 0 saturated carbocycles. The van der Waals surface area contributed by atoms with Gasteiger partial charge in [-0.05, 0) is 114 Å². The summed E-state index contributed by atoms with van der Waals surface area (Å²) in [7, 11) is -6.32. The van der Waals surface area contributed by atoms with Crippen molar-refractivity contribution >= 4 is 61.7 Å². The number of hydrogen-bond acceptors (Lipinski definition) is 2.